The van der Waals surface area contributed by atoms with Gasteiger partial charge in [0.1, 0.15) is 5.82 Å². The van der Waals surface area contributed by atoms with E-state index in [2.05, 4.69) is 44.5 Å². The fourth-order valence-corrected chi connectivity index (χ4v) is 2.37. The van der Waals surface area contributed by atoms with Gasteiger partial charge in [0, 0.05) is 23.6 Å². The molecule has 0 bridgehead atoms. The summed E-state index contributed by atoms with van der Waals surface area (Å²) in [5, 5.41) is 0. The van der Waals surface area contributed by atoms with Crippen LogP contribution in [0, 0.1) is 13.8 Å². The maximum absolute atomic E-state index is 5.77. The third-order valence-corrected chi connectivity index (χ3v) is 3.53. The van der Waals surface area contributed by atoms with Crippen LogP contribution in [0.3, 0.4) is 0 Å². The number of halogens is 1. The first kappa shape index (κ1) is 12.3. The molecule has 2 aromatic rings. The number of benzene rings is 1. The van der Waals surface area contributed by atoms with E-state index in [1.54, 1.807) is 0 Å². The first-order chi connectivity index (χ1) is 8.04. The fourth-order valence-electron chi connectivity index (χ4n) is 2.01. The molecule has 3 nitrogen and oxygen atoms in total. The minimum Gasteiger partial charge on any atom is -0.331 e. The Kier molecular flexibility index (Phi) is 3.35. The molecule has 4 heteroatoms. The van der Waals surface area contributed by atoms with Crippen molar-refractivity contribution in [2.24, 2.45) is 12.8 Å². The highest BCUT2D eigenvalue weighted by atomic mass is 79.9. The zero-order valence-electron chi connectivity index (χ0n) is 10.3. The molecule has 1 heterocycles. The van der Waals surface area contributed by atoms with Gasteiger partial charge in [-0.15, -0.1) is 0 Å². The van der Waals surface area contributed by atoms with E-state index in [9.17, 15) is 0 Å². The molecule has 2 N–H and O–H groups in total. The van der Waals surface area contributed by atoms with Gasteiger partial charge in [-0.05, 0) is 31.5 Å². The number of aryl methyl sites for hydroxylation is 2. The summed E-state index contributed by atoms with van der Waals surface area (Å²) in [7, 11) is 2.02. The molecule has 0 amide bonds. The van der Waals surface area contributed by atoms with Crippen molar-refractivity contribution < 1.29 is 0 Å². The zero-order chi connectivity index (χ0) is 12.6. The van der Waals surface area contributed by atoms with Crippen LogP contribution in [-0.2, 0) is 13.6 Å². The van der Waals surface area contributed by atoms with E-state index in [-0.39, 0.29) is 0 Å². The molecule has 0 unspecified atom stereocenters. The monoisotopic (exact) mass is 293 g/mol. The Bertz CT molecular complexity index is 558. The molecule has 0 radical (unpaired) electrons. The number of rotatable bonds is 2. The molecule has 0 saturated carbocycles. The maximum atomic E-state index is 5.77. The Morgan fingerprint density at radius 3 is 2.71 bits per heavy atom. The molecule has 0 saturated heterocycles. The highest BCUT2D eigenvalue weighted by molar-refractivity contribution is 9.10. The zero-order valence-corrected chi connectivity index (χ0v) is 11.9. The van der Waals surface area contributed by atoms with Crippen molar-refractivity contribution in [3.8, 4) is 11.3 Å². The second-order valence-electron chi connectivity index (χ2n) is 4.18. The Balaban J connectivity index is 2.71. The lowest BCUT2D eigenvalue weighted by atomic mass is 10.0. The van der Waals surface area contributed by atoms with Gasteiger partial charge in [-0.25, -0.2) is 4.98 Å². The second-order valence-corrected chi connectivity index (χ2v) is 5.09. The lowest BCUT2D eigenvalue weighted by molar-refractivity contribution is 0.864. The average Bonchev–Trinajstić information content (AvgIpc) is 2.59. The molecule has 0 fully saturated rings. The van der Waals surface area contributed by atoms with Crippen LogP contribution in [0.25, 0.3) is 11.3 Å². The maximum Gasteiger partial charge on any atom is 0.106 e. The molecule has 1 aromatic carbocycles. The van der Waals surface area contributed by atoms with Crippen molar-refractivity contribution in [1.29, 1.82) is 0 Å². The molecule has 0 spiro atoms. The topological polar surface area (TPSA) is 43.8 Å². The summed E-state index contributed by atoms with van der Waals surface area (Å²) < 4.78 is 3.16. The summed E-state index contributed by atoms with van der Waals surface area (Å²) in [5.74, 6) is 0.986. The van der Waals surface area contributed by atoms with Gasteiger partial charge < -0.3 is 10.3 Å². The van der Waals surface area contributed by atoms with Crippen LogP contribution >= 0.6 is 15.9 Å². The largest absolute Gasteiger partial charge is 0.331 e. The molecule has 2 rings (SSSR count). The van der Waals surface area contributed by atoms with Crippen molar-refractivity contribution in [2.75, 3.05) is 0 Å². The molecule has 0 atom stereocenters. The summed E-state index contributed by atoms with van der Waals surface area (Å²) in [5.41, 5.74) is 10.2. The summed E-state index contributed by atoms with van der Waals surface area (Å²) in [6, 6.07) is 6.26. The normalized spacial score (nSPS) is 10.9. The molecule has 90 valence electrons. The number of nitrogens with two attached hydrogens (primary N) is 1. The highest BCUT2D eigenvalue weighted by Gasteiger charge is 2.14. The number of imidazole rings is 1. The minimum atomic E-state index is 0.461. The molecule has 0 aliphatic heterocycles. The molecular formula is C13H16BrN3. The van der Waals surface area contributed by atoms with Gasteiger partial charge in [0.15, 0.2) is 0 Å². The Morgan fingerprint density at radius 1 is 1.35 bits per heavy atom. The Hall–Kier alpha value is -1.13. The number of aromatic nitrogens is 2. The number of nitrogens with zero attached hydrogens (tertiary/aromatic N) is 2. The molecule has 17 heavy (non-hydrogen) atoms. The van der Waals surface area contributed by atoms with E-state index in [4.69, 9.17) is 5.73 Å². The summed E-state index contributed by atoms with van der Waals surface area (Å²) in [6.07, 6.45) is 0. The Morgan fingerprint density at radius 2 is 2.06 bits per heavy atom. The lowest BCUT2D eigenvalue weighted by Gasteiger charge is -2.10. The van der Waals surface area contributed by atoms with Crippen LogP contribution in [0.5, 0.6) is 0 Å². The number of hydrogen-bond donors (Lipinski definition) is 1. The lowest BCUT2D eigenvalue weighted by Crippen LogP contribution is -2.01. The predicted octanol–water partition coefficient (Wildman–Crippen LogP) is 2.93. The Labute approximate surface area is 110 Å². The van der Waals surface area contributed by atoms with Crippen LogP contribution in [-0.4, -0.2) is 9.55 Å². The third kappa shape index (κ3) is 2.15. The van der Waals surface area contributed by atoms with Crippen molar-refractivity contribution >= 4 is 15.9 Å². The van der Waals surface area contributed by atoms with Gasteiger partial charge in [-0.3, -0.25) is 0 Å². The van der Waals surface area contributed by atoms with Gasteiger partial charge in [0.25, 0.3) is 0 Å². The summed E-state index contributed by atoms with van der Waals surface area (Å²) >= 11 is 3.51. The molecule has 0 aliphatic carbocycles. The predicted molar refractivity (Wildman–Crippen MR) is 73.7 cm³/mol. The standard InChI is InChI=1S/C13H16BrN3/c1-8-4-5-10(14)6-11(8)13-12(7-15)16-9(2)17(13)3/h4-6H,7,15H2,1-3H3. The number of hydrogen-bond acceptors (Lipinski definition) is 2. The van der Waals surface area contributed by atoms with Crippen LogP contribution in [0.15, 0.2) is 22.7 Å². The van der Waals surface area contributed by atoms with Crippen molar-refractivity contribution in [1.82, 2.24) is 9.55 Å². The molecular weight excluding hydrogens is 278 g/mol. The second kappa shape index (κ2) is 4.63. The summed E-state index contributed by atoms with van der Waals surface area (Å²) in [6.45, 7) is 4.56. The van der Waals surface area contributed by atoms with Crippen LogP contribution in [0.1, 0.15) is 17.1 Å². The quantitative estimate of drug-likeness (QED) is 0.925. The minimum absolute atomic E-state index is 0.461. The van der Waals surface area contributed by atoms with Crippen molar-refractivity contribution in [3.05, 3.63) is 39.8 Å². The van der Waals surface area contributed by atoms with E-state index in [1.807, 2.05) is 20.0 Å². The third-order valence-electron chi connectivity index (χ3n) is 3.04. The first-order valence-electron chi connectivity index (χ1n) is 5.53. The van der Waals surface area contributed by atoms with Crippen LogP contribution in [0.4, 0.5) is 0 Å². The SMILES string of the molecule is Cc1ccc(Br)cc1-c1c(CN)nc(C)n1C. The first-order valence-corrected chi connectivity index (χ1v) is 6.32. The van der Waals surface area contributed by atoms with Gasteiger partial charge >= 0.3 is 0 Å². The van der Waals surface area contributed by atoms with Crippen LogP contribution < -0.4 is 5.73 Å². The van der Waals surface area contributed by atoms with Crippen molar-refractivity contribution in [2.45, 2.75) is 20.4 Å². The van der Waals surface area contributed by atoms with Gasteiger partial charge in [-0.2, -0.15) is 0 Å². The van der Waals surface area contributed by atoms with E-state index >= 15 is 0 Å². The van der Waals surface area contributed by atoms with E-state index in [1.165, 1.54) is 11.1 Å². The van der Waals surface area contributed by atoms with Gasteiger partial charge in [0.2, 0.25) is 0 Å². The smallest absolute Gasteiger partial charge is 0.106 e. The van der Waals surface area contributed by atoms with Gasteiger partial charge in [0.05, 0.1) is 11.4 Å². The van der Waals surface area contributed by atoms with E-state index in [0.29, 0.717) is 6.54 Å². The van der Waals surface area contributed by atoms with E-state index < -0.39 is 0 Å². The van der Waals surface area contributed by atoms with Gasteiger partial charge in [-0.1, -0.05) is 22.0 Å². The fraction of sp³-hybridized carbons (Fsp3) is 0.308. The molecule has 0 aliphatic rings. The van der Waals surface area contributed by atoms with Crippen LogP contribution in [0.2, 0.25) is 0 Å². The summed E-state index contributed by atoms with van der Waals surface area (Å²) in [4.78, 5) is 4.50. The van der Waals surface area contributed by atoms with E-state index in [0.717, 1.165) is 21.7 Å². The highest BCUT2D eigenvalue weighted by Crippen LogP contribution is 2.29. The average molecular weight is 294 g/mol. The molecule has 1 aromatic heterocycles. The van der Waals surface area contributed by atoms with Crippen molar-refractivity contribution in [3.63, 3.8) is 0 Å².